The van der Waals surface area contributed by atoms with Crippen LogP contribution in [-0.2, 0) is 9.53 Å². The van der Waals surface area contributed by atoms with Crippen LogP contribution in [0.4, 0.5) is 0 Å². The highest BCUT2D eigenvalue weighted by Gasteiger charge is 2.33. The molecule has 1 atom stereocenters. The van der Waals surface area contributed by atoms with Crippen LogP contribution in [0.1, 0.15) is 44.6 Å². The van der Waals surface area contributed by atoms with Crippen LogP contribution in [0.5, 0.6) is 0 Å². The zero-order valence-corrected chi connectivity index (χ0v) is 12.6. The Morgan fingerprint density at radius 2 is 1.95 bits per heavy atom. The third kappa shape index (κ3) is 3.83. The first-order valence-electron chi connectivity index (χ1n) is 7.49. The maximum atomic E-state index is 11.8. The van der Waals surface area contributed by atoms with E-state index in [1.807, 2.05) is 6.07 Å². The molecule has 0 radical (unpaired) electrons. The van der Waals surface area contributed by atoms with Crippen LogP contribution in [0.3, 0.4) is 0 Å². The molecule has 1 fully saturated rings. The van der Waals surface area contributed by atoms with Crippen LogP contribution in [0.25, 0.3) is 0 Å². The second-order valence-corrected chi connectivity index (χ2v) is 6.15. The summed E-state index contributed by atoms with van der Waals surface area (Å²) in [6.07, 6.45) is 3.05. The molecule has 0 aliphatic heterocycles. The number of ether oxygens (including phenoxy) is 1. The summed E-state index contributed by atoms with van der Waals surface area (Å²) in [5.41, 5.74) is 1.41. The number of benzene rings is 1. The molecule has 3 nitrogen and oxygen atoms in total. The fourth-order valence-corrected chi connectivity index (χ4v) is 2.88. The maximum Gasteiger partial charge on any atom is 0.322 e. The molecule has 0 aromatic heterocycles. The second-order valence-electron chi connectivity index (χ2n) is 6.15. The zero-order valence-electron chi connectivity index (χ0n) is 12.6. The molecule has 0 bridgehead atoms. The van der Waals surface area contributed by atoms with E-state index in [4.69, 9.17) is 4.74 Å². The predicted molar refractivity (Wildman–Crippen MR) is 80.6 cm³/mol. The number of nitrogens with one attached hydrogen (secondary N) is 1. The predicted octanol–water partition coefficient (Wildman–Crippen LogP) is 3.11. The van der Waals surface area contributed by atoms with Gasteiger partial charge in [0.25, 0.3) is 0 Å². The number of rotatable bonds is 6. The molecule has 1 aromatic carbocycles. The van der Waals surface area contributed by atoms with E-state index in [-0.39, 0.29) is 12.0 Å². The summed E-state index contributed by atoms with van der Waals surface area (Å²) in [4.78, 5) is 11.8. The summed E-state index contributed by atoms with van der Waals surface area (Å²) in [5.74, 6) is 0.976. The molecule has 1 saturated carbocycles. The van der Waals surface area contributed by atoms with E-state index in [1.54, 1.807) is 0 Å². The van der Waals surface area contributed by atoms with E-state index >= 15 is 0 Å². The Balaban J connectivity index is 1.84. The van der Waals surface area contributed by atoms with E-state index in [1.165, 1.54) is 12.7 Å². The zero-order chi connectivity index (χ0) is 14.5. The molecule has 0 saturated heterocycles. The Hall–Kier alpha value is -1.35. The van der Waals surface area contributed by atoms with E-state index in [2.05, 4.69) is 43.4 Å². The van der Waals surface area contributed by atoms with Gasteiger partial charge in [-0.2, -0.15) is 0 Å². The molecule has 1 N–H and O–H groups in total. The molecule has 1 aromatic rings. The minimum absolute atomic E-state index is 0.137. The van der Waals surface area contributed by atoms with Crippen LogP contribution in [0.2, 0.25) is 0 Å². The van der Waals surface area contributed by atoms with Crippen LogP contribution in [-0.4, -0.2) is 25.2 Å². The lowest BCUT2D eigenvalue weighted by Crippen LogP contribution is -2.49. The Kier molecular flexibility index (Phi) is 5.18. The molecule has 20 heavy (non-hydrogen) atoms. The summed E-state index contributed by atoms with van der Waals surface area (Å²) in [5, 5.41) is 3.46. The molecule has 110 valence electrons. The highest BCUT2D eigenvalue weighted by molar-refractivity contribution is 5.75. The van der Waals surface area contributed by atoms with Gasteiger partial charge in [-0.25, -0.2) is 0 Å². The van der Waals surface area contributed by atoms with Crippen molar-refractivity contribution in [3.63, 3.8) is 0 Å². The topological polar surface area (TPSA) is 38.3 Å². The summed E-state index contributed by atoms with van der Waals surface area (Å²) in [6, 6.07) is 10.9. The van der Waals surface area contributed by atoms with Gasteiger partial charge in [0.15, 0.2) is 0 Å². The minimum atomic E-state index is -0.165. The van der Waals surface area contributed by atoms with Crippen LogP contribution >= 0.6 is 0 Å². The molecule has 0 amide bonds. The number of methoxy groups -OCH3 is 1. The monoisotopic (exact) mass is 275 g/mol. The van der Waals surface area contributed by atoms with Crippen molar-refractivity contribution < 1.29 is 9.53 Å². The third-order valence-corrected chi connectivity index (χ3v) is 4.04. The lowest BCUT2D eigenvalue weighted by Gasteiger charge is -2.38. The summed E-state index contributed by atoms with van der Waals surface area (Å²) in [7, 11) is 1.46. The molecule has 1 unspecified atom stereocenters. The van der Waals surface area contributed by atoms with Crippen molar-refractivity contribution in [2.75, 3.05) is 7.11 Å². The fraction of sp³-hybridized carbons (Fsp3) is 0.588. The van der Waals surface area contributed by atoms with Crippen molar-refractivity contribution in [2.24, 2.45) is 5.92 Å². The first-order valence-corrected chi connectivity index (χ1v) is 7.49. The van der Waals surface area contributed by atoms with Crippen molar-refractivity contribution in [1.29, 1.82) is 0 Å². The van der Waals surface area contributed by atoms with Gasteiger partial charge in [0.05, 0.1) is 7.11 Å². The minimum Gasteiger partial charge on any atom is -0.468 e. The Labute approximate surface area is 121 Å². The molecule has 0 spiro atoms. The van der Waals surface area contributed by atoms with Crippen molar-refractivity contribution >= 4 is 5.97 Å². The molecule has 0 heterocycles. The summed E-state index contributed by atoms with van der Waals surface area (Å²) < 4.78 is 4.89. The lowest BCUT2D eigenvalue weighted by molar-refractivity contribution is -0.144. The van der Waals surface area contributed by atoms with Gasteiger partial charge >= 0.3 is 5.97 Å². The molecule has 1 aliphatic carbocycles. The van der Waals surface area contributed by atoms with Crippen LogP contribution in [0, 0.1) is 5.92 Å². The van der Waals surface area contributed by atoms with Crippen LogP contribution in [0.15, 0.2) is 30.3 Å². The van der Waals surface area contributed by atoms with Gasteiger partial charge in [0.1, 0.15) is 6.04 Å². The average molecular weight is 275 g/mol. The Morgan fingerprint density at radius 3 is 2.50 bits per heavy atom. The van der Waals surface area contributed by atoms with Gasteiger partial charge in [-0.15, -0.1) is 0 Å². The molecule has 3 heteroatoms. The Morgan fingerprint density at radius 1 is 1.30 bits per heavy atom. The number of hydrogen-bond donors (Lipinski definition) is 1. The highest BCUT2D eigenvalue weighted by atomic mass is 16.5. The van der Waals surface area contributed by atoms with E-state index in [9.17, 15) is 4.79 Å². The molecule has 1 aliphatic rings. The van der Waals surface area contributed by atoms with Gasteiger partial charge < -0.3 is 10.1 Å². The number of hydrogen-bond acceptors (Lipinski definition) is 3. The van der Waals surface area contributed by atoms with Gasteiger partial charge in [-0.3, -0.25) is 4.79 Å². The van der Waals surface area contributed by atoms with Gasteiger partial charge in [0, 0.05) is 6.04 Å². The maximum absolute atomic E-state index is 11.8. The van der Waals surface area contributed by atoms with Gasteiger partial charge in [-0.05, 0) is 36.7 Å². The summed E-state index contributed by atoms with van der Waals surface area (Å²) in [6.45, 7) is 4.26. The lowest BCUT2D eigenvalue weighted by atomic mass is 9.75. The van der Waals surface area contributed by atoms with E-state index in [0.717, 1.165) is 19.3 Å². The van der Waals surface area contributed by atoms with E-state index < -0.39 is 0 Å². The number of carbonyl (C=O) groups is 1. The van der Waals surface area contributed by atoms with Crippen molar-refractivity contribution in [1.82, 2.24) is 5.32 Å². The van der Waals surface area contributed by atoms with Crippen molar-refractivity contribution in [2.45, 2.75) is 51.1 Å². The first kappa shape index (κ1) is 15.0. The number of esters is 1. The quantitative estimate of drug-likeness (QED) is 0.811. The molecular formula is C17H25NO2. The van der Waals surface area contributed by atoms with E-state index in [0.29, 0.717) is 17.9 Å². The largest absolute Gasteiger partial charge is 0.468 e. The summed E-state index contributed by atoms with van der Waals surface area (Å²) >= 11 is 0. The number of carbonyl (C=O) groups excluding carboxylic acids is 1. The standard InChI is InChI=1S/C17H25NO2/c1-12(2)9-16(17(19)20-3)18-15-10-14(11-15)13-7-5-4-6-8-13/h4-8,12,14-16,18H,9-11H2,1-3H3. The molecule has 2 rings (SSSR count). The van der Waals surface area contributed by atoms with Gasteiger partial charge in [-0.1, -0.05) is 44.2 Å². The molecular weight excluding hydrogens is 250 g/mol. The second kappa shape index (κ2) is 6.89. The smallest absolute Gasteiger partial charge is 0.322 e. The van der Waals surface area contributed by atoms with Crippen LogP contribution < -0.4 is 5.32 Å². The van der Waals surface area contributed by atoms with Crippen molar-refractivity contribution in [3.8, 4) is 0 Å². The Bertz CT molecular complexity index is 424. The fourth-order valence-electron chi connectivity index (χ4n) is 2.88. The SMILES string of the molecule is COC(=O)C(CC(C)C)NC1CC(c2ccccc2)C1. The van der Waals surface area contributed by atoms with Gasteiger partial charge in [0.2, 0.25) is 0 Å². The average Bonchev–Trinajstić information content (AvgIpc) is 2.40. The normalized spacial score (nSPS) is 23.2. The van der Waals surface area contributed by atoms with Crippen molar-refractivity contribution in [3.05, 3.63) is 35.9 Å². The highest BCUT2D eigenvalue weighted by Crippen LogP contribution is 2.37. The first-order chi connectivity index (χ1) is 9.60. The third-order valence-electron chi connectivity index (χ3n) is 4.04.